The zero-order valence-corrected chi connectivity index (χ0v) is 10.4. The van der Waals surface area contributed by atoms with Crippen molar-refractivity contribution in [2.45, 2.75) is 37.9 Å². The van der Waals surface area contributed by atoms with Crippen LogP contribution in [0.5, 0.6) is 0 Å². The van der Waals surface area contributed by atoms with Crippen molar-refractivity contribution in [1.82, 2.24) is 14.3 Å². The summed E-state index contributed by atoms with van der Waals surface area (Å²) >= 11 is 0. The van der Waals surface area contributed by atoms with Crippen molar-refractivity contribution in [3.63, 3.8) is 0 Å². The van der Waals surface area contributed by atoms with Gasteiger partial charge in [-0.05, 0) is 13.3 Å². The topological polar surface area (TPSA) is 101 Å². The molecule has 1 heterocycles. The quantitative estimate of drug-likeness (QED) is 0.753. The molecule has 0 saturated carbocycles. The van der Waals surface area contributed by atoms with Crippen LogP contribution in [0, 0.1) is 0 Å². The van der Waals surface area contributed by atoms with Gasteiger partial charge >= 0.3 is 5.97 Å². The Morgan fingerprint density at radius 2 is 2.24 bits per heavy atom. The molecule has 0 aliphatic heterocycles. The average molecular weight is 261 g/mol. The number of imidazole rings is 1. The first-order valence-electron chi connectivity index (χ1n) is 5.17. The minimum atomic E-state index is -3.87. The summed E-state index contributed by atoms with van der Waals surface area (Å²) < 4.78 is 27.3. The Hall–Kier alpha value is -1.41. The molecule has 17 heavy (non-hydrogen) atoms. The Morgan fingerprint density at radius 1 is 1.59 bits per heavy atom. The SMILES string of the molecule is CCC(NS(=O)(=O)c1cn(CC)cn1)C(=O)O. The predicted octanol–water partition coefficient (Wildman–Crippen LogP) is 0.0445. The van der Waals surface area contributed by atoms with Gasteiger partial charge in [0.2, 0.25) is 0 Å². The monoisotopic (exact) mass is 261 g/mol. The van der Waals surface area contributed by atoms with Gasteiger partial charge in [0.15, 0.2) is 5.03 Å². The Balaban J connectivity index is 2.91. The first-order chi connectivity index (χ1) is 7.90. The first kappa shape index (κ1) is 13.7. The van der Waals surface area contributed by atoms with Crippen LogP contribution in [0.25, 0.3) is 0 Å². The van der Waals surface area contributed by atoms with E-state index in [1.807, 2.05) is 6.92 Å². The van der Waals surface area contributed by atoms with Crippen LogP contribution in [0.3, 0.4) is 0 Å². The smallest absolute Gasteiger partial charge is 0.321 e. The Bertz CT molecular complexity index is 494. The lowest BCUT2D eigenvalue weighted by atomic mass is 10.2. The molecule has 0 aromatic carbocycles. The van der Waals surface area contributed by atoms with Gasteiger partial charge in [0.25, 0.3) is 10.0 Å². The van der Waals surface area contributed by atoms with E-state index in [4.69, 9.17) is 5.11 Å². The number of carboxylic acid groups (broad SMARTS) is 1. The van der Waals surface area contributed by atoms with E-state index in [2.05, 4.69) is 9.71 Å². The fourth-order valence-electron chi connectivity index (χ4n) is 1.21. The van der Waals surface area contributed by atoms with E-state index in [0.717, 1.165) is 0 Å². The summed E-state index contributed by atoms with van der Waals surface area (Å²) in [5, 5.41) is 8.61. The molecule has 0 spiro atoms. The molecular weight excluding hydrogens is 246 g/mol. The molecule has 1 rings (SSSR count). The number of aryl methyl sites for hydroxylation is 1. The summed E-state index contributed by atoms with van der Waals surface area (Å²) in [6.45, 7) is 4.03. The van der Waals surface area contributed by atoms with E-state index in [9.17, 15) is 13.2 Å². The van der Waals surface area contributed by atoms with Crippen LogP contribution in [0.4, 0.5) is 0 Å². The summed E-state index contributed by atoms with van der Waals surface area (Å²) in [5.74, 6) is -1.20. The lowest BCUT2D eigenvalue weighted by Crippen LogP contribution is -2.40. The van der Waals surface area contributed by atoms with Gasteiger partial charge in [0, 0.05) is 12.7 Å². The number of sulfonamides is 1. The lowest BCUT2D eigenvalue weighted by molar-refractivity contribution is -0.139. The number of hydrogen-bond donors (Lipinski definition) is 2. The normalized spacial score (nSPS) is 13.5. The summed E-state index contributed by atoms with van der Waals surface area (Å²) in [6, 6.07) is -1.13. The fourth-order valence-corrected chi connectivity index (χ4v) is 2.43. The van der Waals surface area contributed by atoms with Gasteiger partial charge in [-0.15, -0.1) is 0 Å². The van der Waals surface area contributed by atoms with E-state index < -0.39 is 22.0 Å². The average Bonchev–Trinajstić information content (AvgIpc) is 2.74. The van der Waals surface area contributed by atoms with Crippen molar-refractivity contribution in [2.75, 3.05) is 0 Å². The molecule has 7 nitrogen and oxygen atoms in total. The molecule has 1 atom stereocenters. The molecule has 0 fully saturated rings. The third-order valence-corrected chi connectivity index (χ3v) is 3.61. The van der Waals surface area contributed by atoms with Crippen molar-refractivity contribution in [2.24, 2.45) is 0 Å². The predicted molar refractivity (Wildman–Crippen MR) is 59.9 cm³/mol. The number of nitrogens with one attached hydrogen (secondary N) is 1. The highest BCUT2D eigenvalue weighted by Gasteiger charge is 2.25. The first-order valence-corrected chi connectivity index (χ1v) is 6.66. The Kier molecular flexibility index (Phi) is 4.24. The number of nitrogens with zero attached hydrogens (tertiary/aromatic N) is 2. The number of aromatic nitrogens is 2. The molecule has 8 heteroatoms. The summed E-state index contributed by atoms with van der Waals surface area (Å²) in [5.41, 5.74) is 0. The molecule has 1 aromatic heterocycles. The van der Waals surface area contributed by atoms with Gasteiger partial charge in [0.05, 0.1) is 6.33 Å². The zero-order valence-electron chi connectivity index (χ0n) is 9.62. The second-order valence-electron chi connectivity index (χ2n) is 3.46. The van der Waals surface area contributed by atoms with Gasteiger partial charge < -0.3 is 9.67 Å². The van der Waals surface area contributed by atoms with E-state index in [1.54, 1.807) is 11.5 Å². The summed E-state index contributed by atoms with van der Waals surface area (Å²) in [7, 11) is -3.87. The minimum absolute atomic E-state index is 0.168. The fraction of sp³-hybridized carbons (Fsp3) is 0.556. The van der Waals surface area contributed by atoms with Crippen LogP contribution in [0.1, 0.15) is 20.3 Å². The van der Waals surface area contributed by atoms with Crippen molar-refractivity contribution in [3.8, 4) is 0 Å². The number of hydrogen-bond acceptors (Lipinski definition) is 4. The maximum absolute atomic E-state index is 11.8. The molecule has 1 unspecified atom stereocenters. The molecule has 0 bridgehead atoms. The second-order valence-corrected chi connectivity index (χ2v) is 5.12. The van der Waals surface area contributed by atoms with Crippen molar-refractivity contribution < 1.29 is 18.3 Å². The maximum Gasteiger partial charge on any atom is 0.321 e. The van der Waals surface area contributed by atoms with Gasteiger partial charge in [0.1, 0.15) is 6.04 Å². The second kappa shape index (κ2) is 5.28. The van der Waals surface area contributed by atoms with Crippen LogP contribution in [0.2, 0.25) is 0 Å². The Morgan fingerprint density at radius 3 is 2.65 bits per heavy atom. The van der Waals surface area contributed by atoms with Crippen LogP contribution >= 0.6 is 0 Å². The van der Waals surface area contributed by atoms with E-state index >= 15 is 0 Å². The molecule has 0 saturated heterocycles. The van der Waals surface area contributed by atoms with Crippen molar-refractivity contribution >= 4 is 16.0 Å². The number of carboxylic acids is 1. The van der Waals surface area contributed by atoms with Crippen LogP contribution < -0.4 is 4.72 Å². The molecule has 1 aromatic rings. The van der Waals surface area contributed by atoms with Crippen LogP contribution in [-0.2, 0) is 21.4 Å². The highest BCUT2D eigenvalue weighted by atomic mass is 32.2. The van der Waals surface area contributed by atoms with Gasteiger partial charge in [-0.1, -0.05) is 6.92 Å². The number of aliphatic carboxylic acids is 1. The van der Waals surface area contributed by atoms with Gasteiger partial charge in [-0.2, -0.15) is 4.72 Å². The summed E-state index contributed by atoms with van der Waals surface area (Å²) in [6.07, 6.45) is 2.91. The molecule has 0 radical (unpaired) electrons. The zero-order chi connectivity index (χ0) is 13.1. The lowest BCUT2D eigenvalue weighted by Gasteiger charge is -2.10. The summed E-state index contributed by atoms with van der Waals surface area (Å²) in [4.78, 5) is 14.5. The molecule has 0 aliphatic rings. The number of carbonyl (C=O) groups is 1. The van der Waals surface area contributed by atoms with Gasteiger partial charge in [-0.3, -0.25) is 4.79 Å². The maximum atomic E-state index is 11.8. The molecule has 0 aliphatic carbocycles. The van der Waals surface area contributed by atoms with Gasteiger partial charge in [-0.25, -0.2) is 13.4 Å². The third kappa shape index (κ3) is 3.27. The molecule has 0 amide bonds. The minimum Gasteiger partial charge on any atom is -0.480 e. The molecule has 2 N–H and O–H groups in total. The van der Waals surface area contributed by atoms with Crippen molar-refractivity contribution in [1.29, 1.82) is 0 Å². The van der Waals surface area contributed by atoms with Crippen molar-refractivity contribution in [3.05, 3.63) is 12.5 Å². The number of rotatable bonds is 6. The van der Waals surface area contributed by atoms with Crippen LogP contribution in [-0.4, -0.2) is 35.1 Å². The highest BCUT2D eigenvalue weighted by molar-refractivity contribution is 7.89. The highest BCUT2D eigenvalue weighted by Crippen LogP contribution is 2.07. The standard InChI is InChI=1S/C9H15N3O4S/c1-3-7(9(13)14)11-17(15,16)8-5-12(4-2)6-10-8/h5-7,11H,3-4H2,1-2H3,(H,13,14). The van der Waals surface area contributed by atoms with E-state index in [1.165, 1.54) is 12.5 Å². The Labute approximate surface area is 99.5 Å². The molecular formula is C9H15N3O4S. The molecule has 96 valence electrons. The third-order valence-electron chi connectivity index (χ3n) is 2.25. The van der Waals surface area contributed by atoms with E-state index in [0.29, 0.717) is 6.54 Å². The van der Waals surface area contributed by atoms with Crippen LogP contribution in [0.15, 0.2) is 17.6 Å². The largest absolute Gasteiger partial charge is 0.480 e. The van der Waals surface area contributed by atoms with E-state index in [-0.39, 0.29) is 11.4 Å².